The molecular weight excluding hydrogens is 352 g/mol. The Morgan fingerprint density at radius 3 is 2.43 bits per heavy atom. The molecule has 1 unspecified atom stereocenters. The summed E-state index contributed by atoms with van der Waals surface area (Å²) in [5.41, 5.74) is 2.36. The summed E-state index contributed by atoms with van der Waals surface area (Å²) in [6.07, 6.45) is 5.38. The Kier molecular flexibility index (Phi) is 7.51. The van der Waals surface area contributed by atoms with Crippen LogP contribution in [0.3, 0.4) is 0 Å². The van der Waals surface area contributed by atoms with Crippen LogP contribution < -0.4 is 10.6 Å². The summed E-state index contributed by atoms with van der Waals surface area (Å²) >= 11 is 0. The molecule has 1 aliphatic heterocycles. The van der Waals surface area contributed by atoms with Gasteiger partial charge in [0.2, 0.25) is 0 Å². The fraction of sp³-hybridized carbons (Fsp3) is 0.500. The van der Waals surface area contributed by atoms with E-state index in [2.05, 4.69) is 58.8 Å². The highest BCUT2D eigenvalue weighted by Crippen LogP contribution is 2.24. The number of hydrogen-bond donors (Lipinski definition) is 2. The van der Waals surface area contributed by atoms with Crippen molar-refractivity contribution in [2.45, 2.75) is 38.4 Å². The zero-order chi connectivity index (χ0) is 19.8. The van der Waals surface area contributed by atoms with Gasteiger partial charge in [-0.2, -0.15) is 0 Å². The molecule has 28 heavy (non-hydrogen) atoms. The van der Waals surface area contributed by atoms with Crippen molar-refractivity contribution in [3.05, 3.63) is 59.5 Å². The highest BCUT2D eigenvalue weighted by Gasteiger charge is 2.24. The topological polar surface area (TPSA) is 60.8 Å². The maximum absolute atomic E-state index is 12.3. The van der Waals surface area contributed by atoms with E-state index in [1.807, 2.05) is 12.1 Å². The molecule has 0 spiro atoms. The average molecular weight is 385 g/mol. The summed E-state index contributed by atoms with van der Waals surface area (Å²) < 4.78 is 5.63. The van der Waals surface area contributed by atoms with Gasteiger partial charge in [0, 0.05) is 19.6 Å². The first kappa shape index (κ1) is 20.4. The summed E-state index contributed by atoms with van der Waals surface area (Å²) in [5, 5.41) is 5.97. The number of nitrogens with zero attached hydrogens (tertiary/aromatic N) is 2. The first-order valence-corrected chi connectivity index (χ1v) is 10.1. The third-order valence-electron chi connectivity index (χ3n) is 5.13. The van der Waals surface area contributed by atoms with Crippen molar-refractivity contribution in [1.29, 1.82) is 0 Å². The van der Waals surface area contributed by atoms with Crippen molar-refractivity contribution in [2.75, 3.05) is 33.7 Å². The lowest BCUT2D eigenvalue weighted by Crippen LogP contribution is -2.43. The number of nitrogens with one attached hydrogen (secondary N) is 2. The number of urea groups is 1. The van der Waals surface area contributed by atoms with Crippen LogP contribution in [-0.4, -0.2) is 49.6 Å². The van der Waals surface area contributed by atoms with Crippen LogP contribution >= 0.6 is 0 Å². The van der Waals surface area contributed by atoms with Gasteiger partial charge in [0.25, 0.3) is 0 Å². The van der Waals surface area contributed by atoms with Gasteiger partial charge in [-0.3, -0.25) is 4.90 Å². The molecule has 0 radical (unpaired) electrons. The van der Waals surface area contributed by atoms with E-state index in [4.69, 9.17) is 4.42 Å². The van der Waals surface area contributed by atoms with Crippen molar-refractivity contribution in [2.24, 2.45) is 0 Å². The largest absolute Gasteiger partial charge is 0.468 e. The van der Waals surface area contributed by atoms with Crippen molar-refractivity contribution in [1.82, 2.24) is 20.4 Å². The standard InChI is InChI=1S/C22H32N4O2/c1-25(2)17-19-10-8-18(9-11-19)15-23-22(27)24-16-20(21-7-6-14-28-21)26-12-4-3-5-13-26/h6-11,14,20H,3-5,12-13,15-17H2,1-2H3,(H2,23,24,27). The molecule has 0 bridgehead atoms. The highest BCUT2D eigenvalue weighted by molar-refractivity contribution is 5.73. The number of carbonyl (C=O) groups excluding carboxylic acids is 1. The van der Waals surface area contributed by atoms with E-state index in [0.29, 0.717) is 13.1 Å². The first-order chi connectivity index (χ1) is 13.6. The second-order valence-electron chi connectivity index (χ2n) is 7.75. The van der Waals surface area contributed by atoms with Gasteiger partial charge in [0.05, 0.1) is 12.3 Å². The predicted molar refractivity (Wildman–Crippen MR) is 111 cm³/mol. The summed E-state index contributed by atoms with van der Waals surface area (Å²) in [4.78, 5) is 16.9. The minimum Gasteiger partial charge on any atom is -0.468 e. The SMILES string of the molecule is CN(C)Cc1ccc(CNC(=O)NCC(c2ccco2)N2CCCCC2)cc1. The maximum atomic E-state index is 12.3. The maximum Gasteiger partial charge on any atom is 0.315 e. The second kappa shape index (κ2) is 10.3. The molecule has 2 N–H and O–H groups in total. The normalized spacial score (nSPS) is 16.1. The van der Waals surface area contributed by atoms with Crippen LogP contribution in [-0.2, 0) is 13.1 Å². The lowest BCUT2D eigenvalue weighted by atomic mass is 10.1. The van der Waals surface area contributed by atoms with Crippen molar-refractivity contribution < 1.29 is 9.21 Å². The monoisotopic (exact) mass is 384 g/mol. The number of carbonyl (C=O) groups is 1. The molecule has 1 aliphatic rings. The molecule has 1 saturated heterocycles. The zero-order valence-corrected chi connectivity index (χ0v) is 17.0. The fourth-order valence-corrected chi connectivity index (χ4v) is 3.68. The number of rotatable bonds is 8. The Morgan fingerprint density at radius 1 is 1.07 bits per heavy atom. The minimum absolute atomic E-state index is 0.0892. The van der Waals surface area contributed by atoms with Crippen LogP contribution in [0.4, 0.5) is 4.79 Å². The van der Waals surface area contributed by atoms with Crippen molar-refractivity contribution in [3.63, 3.8) is 0 Å². The number of likely N-dealkylation sites (tertiary alicyclic amines) is 1. The molecule has 1 fully saturated rings. The van der Waals surface area contributed by atoms with Gasteiger partial charge in [-0.15, -0.1) is 0 Å². The third kappa shape index (κ3) is 6.11. The van der Waals surface area contributed by atoms with E-state index in [0.717, 1.165) is 31.0 Å². The van der Waals surface area contributed by atoms with E-state index in [-0.39, 0.29) is 12.1 Å². The summed E-state index contributed by atoms with van der Waals surface area (Å²) in [5.74, 6) is 0.915. The van der Waals surface area contributed by atoms with Crippen LogP contribution in [0, 0.1) is 0 Å². The Bertz CT molecular complexity index is 707. The molecule has 0 saturated carbocycles. The summed E-state index contributed by atoms with van der Waals surface area (Å²) in [6, 6.07) is 12.2. The number of benzene rings is 1. The molecular formula is C22H32N4O2. The quantitative estimate of drug-likeness (QED) is 0.733. The van der Waals surface area contributed by atoms with E-state index < -0.39 is 0 Å². The molecule has 3 rings (SSSR count). The molecule has 2 amide bonds. The first-order valence-electron chi connectivity index (χ1n) is 10.1. The number of furan rings is 1. The van der Waals surface area contributed by atoms with Crippen LogP contribution in [0.15, 0.2) is 47.1 Å². The summed E-state index contributed by atoms with van der Waals surface area (Å²) in [7, 11) is 4.11. The molecule has 2 heterocycles. The zero-order valence-electron chi connectivity index (χ0n) is 17.0. The van der Waals surface area contributed by atoms with Gasteiger partial charge in [0.15, 0.2) is 0 Å². The van der Waals surface area contributed by atoms with E-state index in [1.54, 1.807) is 6.26 Å². The number of piperidine rings is 1. The lowest BCUT2D eigenvalue weighted by Gasteiger charge is -2.33. The Morgan fingerprint density at radius 2 is 1.79 bits per heavy atom. The number of amides is 2. The highest BCUT2D eigenvalue weighted by atomic mass is 16.3. The Hall–Kier alpha value is -2.31. The van der Waals surface area contributed by atoms with Crippen molar-refractivity contribution >= 4 is 6.03 Å². The molecule has 2 aromatic rings. The van der Waals surface area contributed by atoms with E-state index in [1.165, 1.54) is 24.8 Å². The smallest absolute Gasteiger partial charge is 0.315 e. The lowest BCUT2D eigenvalue weighted by molar-refractivity contribution is 0.143. The predicted octanol–water partition coefficient (Wildman–Crippen LogP) is 3.37. The van der Waals surface area contributed by atoms with Gasteiger partial charge in [-0.1, -0.05) is 30.7 Å². The van der Waals surface area contributed by atoms with Crippen LogP contribution in [0.25, 0.3) is 0 Å². The van der Waals surface area contributed by atoms with Gasteiger partial charge < -0.3 is 20.0 Å². The van der Waals surface area contributed by atoms with Gasteiger partial charge in [0.1, 0.15) is 5.76 Å². The van der Waals surface area contributed by atoms with Crippen LogP contribution in [0.5, 0.6) is 0 Å². The molecule has 0 aliphatic carbocycles. The Labute approximate surface area is 167 Å². The molecule has 1 atom stereocenters. The van der Waals surface area contributed by atoms with Crippen molar-refractivity contribution in [3.8, 4) is 0 Å². The Balaban J connectivity index is 1.48. The molecule has 1 aromatic heterocycles. The second-order valence-corrected chi connectivity index (χ2v) is 7.75. The molecule has 6 nitrogen and oxygen atoms in total. The van der Waals surface area contributed by atoms with E-state index in [9.17, 15) is 4.79 Å². The third-order valence-corrected chi connectivity index (χ3v) is 5.13. The molecule has 1 aromatic carbocycles. The van der Waals surface area contributed by atoms with Gasteiger partial charge >= 0.3 is 6.03 Å². The average Bonchev–Trinajstić information content (AvgIpc) is 3.22. The van der Waals surface area contributed by atoms with Gasteiger partial charge in [-0.05, 0) is 63.3 Å². The summed E-state index contributed by atoms with van der Waals surface area (Å²) in [6.45, 7) is 4.07. The minimum atomic E-state index is -0.147. The fourth-order valence-electron chi connectivity index (χ4n) is 3.68. The number of hydrogen-bond acceptors (Lipinski definition) is 4. The van der Waals surface area contributed by atoms with E-state index >= 15 is 0 Å². The molecule has 152 valence electrons. The van der Waals surface area contributed by atoms with Gasteiger partial charge in [-0.25, -0.2) is 4.79 Å². The molecule has 6 heteroatoms. The van der Waals surface area contributed by atoms with Crippen LogP contribution in [0.1, 0.15) is 42.2 Å². The van der Waals surface area contributed by atoms with Crippen LogP contribution in [0.2, 0.25) is 0 Å².